The van der Waals surface area contributed by atoms with Gasteiger partial charge in [0.05, 0.1) is 18.7 Å². The lowest BCUT2D eigenvalue weighted by Gasteiger charge is -2.27. The summed E-state index contributed by atoms with van der Waals surface area (Å²) < 4.78 is 19.0. The molecule has 0 aromatic heterocycles. The van der Waals surface area contributed by atoms with Crippen molar-refractivity contribution >= 4 is 23.1 Å². The van der Waals surface area contributed by atoms with Crippen LogP contribution in [0.5, 0.6) is 5.75 Å². The van der Waals surface area contributed by atoms with Gasteiger partial charge >= 0.3 is 0 Å². The molecule has 1 amide bonds. The van der Waals surface area contributed by atoms with Crippen molar-refractivity contribution in [2.45, 2.75) is 32.2 Å². The predicted octanol–water partition coefficient (Wildman–Crippen LogP) is 5.76. The number of amides is 1. The van der Waals surface area contributed by atoms with E-state index in [4.69, 9.17) is 4.74 Å². The number of nitrogens with zero attached hydrogens (tertiary/aromatic N) is 1. The summed E-state index contributed by atoms with van der Waals surface area (Å²) >= 11 is 0. The topological polar surface area (TPSA) is 66.8 Å². The van der Waals surface area contributed by atoms with E-state index in [1.54, 1.807) is 36.4 Å². The number of anilines is 1. The zero-order chi connectivity index (χ0) is 24.6. The van der Waals surface area contributed by atoms with E-state index in [1.165, 1.54) is 36.3 Å². The molecule has 3 aromatic rings. The van der Waals surface area contributed by atoms with Crippen LogP contribution in [0.3, 0.4) is 0 Å². The van der Waals surface area contributed by atoms with E-state index in [1.807, 2.05) is 12.1 Å². The molecule has 1 atom stereocenters. The van der Waals surface area contributed by atoms with Gasteiger partial charge in [-0.2, -0.15) is 0 Å². The van der Waals surface area contributed by atoms with Gasteiger partial charge in [-0.05, 0) is 53.4 Å². The molecule has 1 N–H and O–H groups in total. The van der Waals surface area contributed by atoms with Crippen LogP contribution in [0.1, 0.15) is 43.5 Å². The summed E-state index contributed by atoms with van der Waals surface area (Å²) in [5.41, 5.74) is 2.21. The molecule has 34 heavy (non-hydrogen) atoms. The molecule has 1 saturated heterocycles. The number of benzene rings is 3. The van der Waals surface area contributed by atoms with Gasteiger partial charge in [-0.1, -0.05) is 51.1 Å². The van der Waals surface area contributed by atoms with Crippen molar-refractivity contribution in [1.82, 2.24) is 0 Å². The molecule has 1 aliphatic rings. The molecule has 1 aliphatic heterocycles. The van der Waals surface area contributed by atoms with Crippen LogP contribution in [0.2, 0.25) is 0 Å². The van der Waals surface area contributed by atoms with E-state index in [2.05, 4.69) is 20.8 Å². The van der Waals surface area contributed by atoms with Gasteiger partial charge in [-0.3, -0.25) is 14.5 Å². The molecule has 0 spiro atoms. The number of carbonyl (C=O) groups is 2. The van der Waals surface area contributed by atoms with Crippen molar-refractivity contribution in [1.29, 1.82) is 0 Å². The zero-order valence-corrected chi connectivity index (χ0v) is 19.5. The molecule has 4 rings (SSSR count). The van der Waals surface area contributed by atoms with Gasteiger partial charge in [0.2, 0.25) is 0 Å². The zero-order valence-electron chi connectivity index (χ0n) is 19.5. The first-order valence-corrected chi connectivity index (χ1v) is 10.9. The Hall–Kier alpha value is -3.93. The third-order valence-corrected chi connectivity index (χ3v) is 6.01. The van der Waals surface area contributed by atoms with Crippen molar-refractivity contribution in [2.24, 2.45) is 0 Å². The van der Waals surface area contributed by atoms with E-state index in [-0.39, 0.29) is 22.3 Å². The first kappa shape index (κ1) is 23.2. The van der Waals surface area contributed by atoms with Crippen LogP contribution in [0.4, 0.5) is 10.1 Å². The molecule has 5 nitrogen and oxygen atoms in total. The molecule has 0 bridgehead atoms. The summed E-state index contributed by atoms with van der Waals surface area (Å²) in [5, 5.41) is 11.1. The lowest BCUT2D eigenvalue weighted by atomic mass is 9.87. The Morgan fingerprint density at radius 3 is 2.15 bits per heavy atom. The summed E-state index contributed by atoms with van der Waals surface area (Å²) in [6.07, 6.45) is 0. The predicted molar refractivity (Wildman–Crippen MR) is 129 cm³/mol. The first-order valence-electron chi connectivity index (χ1n) is 10.9. The largest absolute Gasteiger partial charge is 0.507 e. The van der Waals surface area contributed by atoms with Gasteiger partial charge in [0.25, 0.3) is 11.7 Å². The maximum Gasteiger partial charge on any atom is 0.300 e. The van der Waals surface area contributed by atoms with Crippen LogP contribution < -0.4 is 9.64 Å². The van der Waals surface area contributed by atoms with Crippen molar-refractivity contribution in [3.05, 3.63) is 101 Å². The monoisotopic (exact) mass is 459 g/mol. The molecule has 0 aliphatic carbocycles. The highest BCUT2D eigenvalue weighted by molar-refractivity contribution is 6.51. The fourth-order valence-electron chi connectivity index (χ4n) is 4.17. The Morgan fingerprint density at radius 2 is 1.56 bits per heavy atom. The lowest BCUT2D eigenvalue weighted by molar-refractivity contribution is -0.132. The number of rotatable bonds is 4. The number of hydrogen-bond acceptors (Lipinski definition) is 4. The molecular formula is C28H26FNO4. The van der Waals surface area contributed by atoms with Crippen LogP contribution in [-0.2, 0) is 15.0 Å². The molecule has 1 heterocycles. The van der Waals surface area contributed by atoms with E-state index in [0.29, 0.717) is 17.0 Å². The second-order valence-corrected chi connectivity index (χ2v) is 9.21. The quantitative estimate of drug-likeness (QED) is 0.306. The van der Waals surface area contributed by atoms with Crippen molar-refractivity contribution < 1.29 is 23.8 Å². The summed E-state index contributed by atoms with van der Waals surface area (Å²) in [6.45, 7) is 6.27. The van der Waals surface area contributed by atoms with Crippen molar-refractivity contribution in [3.63, 3.8) is 0 Å². The number of carbonyl (C=O) groups excluding carboxylic acids is 2. The van der Waals surface area contributed by atoms with E-state index >= 15 is 0 Å². The minimum Gasteiger partial charge on any atom is -0.507 e. The minimum absolute atomic E-state index is 0.0824. The third kappa shape index (κ3) is 4.07. The van der Waals surface area contributed by atoms with Gasteiger partial charge in [0.1, 0.15) is 17.3 Å². The second-order valence-electron chi connectivity index (χ2n) is 9.21. The summed E-state index contributed by atoms with van der Waals surface area (Å²) in [5.74, 6) is -1.96. The Morgan fingerprint density at radius 1 is 0.941 bits per heavy atom. The Kier molecular flexibility index (Phi) is 6.00. The van der Waals surface area contributed by atoms with Crippen LogP contribution in [0.25, 0.3) is 5.76 Å². The first-order chi connectivity index (χ1) is 16.1. The molecule has 174 valence electrons. The number of para-hydroxylation sites is 1. The molecule has 6 heteroatoms. The standard InChI is InChI=1S/C28H26FNO4/c1-28(2,3)18-11-15-20(16-12-18)30-24(21-7-5-6-8-22(21)34-4)23(26(32)27(30)33)25(31)17-9-13-19(29)14-10-17/h5-16,24,31H,1-4H3/b25-23+. The SMILES string of the molecule is COc1ccccc1C1/C(=C(\O)c2ccc(F)cc2)C(=O)C(=O)N1c1ccc(C(C)(C)C)cc1. The smallest absolute Gasteiger partial charge is 0.300 e. The van der Waals surface area contributed by atoms with E-state index < -0.39 is 23.5 Å². The number of aliphatic hydroxyl groups is 1. The highest BCUT2D eigenvalue weighted by Crippen LogP contribution is 2.45. The fourth-order valence-corrected chi connectivity index (χ4v) is 4.17. The fraction of sp³-hybridized carbons (Fsp3) is 0.214. The summed E-state index contributed by atoms with van der Waals surface area (Å²) in [6, 6.07) is 18.7. The van der Waals surface area contributed by atoms with Gasteiger partial charge in [-0.25, -0.2) is 4.39 Å². The molecule has 0 radical (unpaired) electrons. The second kappa shape index (κ2) is 8.78. The molecule has 1 unspecified atom stereocenters. The number of aliphatic hydroxyl groups excluding tert-OH is 1. The Labute approximate surface area is 198 Å². The molecule has 3 aromatic carbocycles. The maximum atomic E-state index is 13.5. The third-order valence-electron chi connectivity index (χ3n) is 6.01. The molecular weight excluding hydrogens is 433 g/mol. The number of ketones is 1. The van der Waals surface area contributed by atoms with Crippen LogP contribution in [-0.4, -0.2) is 23.9 Å². The highest BCUT2D eigenvalue weighted by Gasteiger charge is 2.47. The van der Waals surface area contributed by atoms with Crippen molar-refractivity contribution in [3.8, 4) is 5.75 Å². The highest BCUT2D eigenvalue weighted by atomic mass is 19.1. The average molecular weight is 460 g/mol. The lowest BCUT2D eigenvalue weighted by Crippen LogP contribution is -2.29. The minimum atomic E-state index is -0.929. The number of methoxy groups -OCH3 is 1. The van der Waals surface area contributed by atoms with Crippen molar-refractivity contribution in [2.75, 3.05) is 12.0 Å². The number of hydrogen-bond donors (Lipinski definition) is 1. The maximum absolute atomic E-state index is 13.5. The Balaban J connectivity index is 1.94. The van der Waals surface area contributed by atoms with E-state index in [0.717, 1.165) is 5.56 Å². The normalized spacial score (nSPS) is 17.8. The van der Waals surface area contributed by atoms with Crippen LogP contribution >= 0.6 is 0 Å². The van der Waals surface area contributed by atoms with E-state index in [9.17, 15) is 19.1 Å². The number of Topliss-reactive ketones (excluding diaryl/α,β-unsaturated/α-hetero) is 1. The van der Waals surface area contributed by atoms with Crippen LogP contribution in [0, 0.1) is 5.82 Å². The number of ether oxygens (including phenoxy) is 1. The van der Waals surface area contributed by atoms with Gasteiger partial charge < -0.3 is 9.84 Å². The molecule has 1 fully saturated rings. The van der Waals surface area contributed by atoms with Gasteiger partial charge in [0.15, 0.2) is 0 Å². The summed E-state index contributed by atoms with van der Waals surface area (Å²) in [7, 11) is 1.50. The average Bonchev–Trinajstić information content (AvgIpc) is 3.09. The molecule has 0 saturated carbocycles. The Bertz CT molecular complexity index is 1270. The van der Waals surface area contributed by atoms with Crippen LogP contribution in [0.15, 0.2) is 78.4 Å². The summed E-state index contributed by atoms with van der Waals surface area (Å²) in [4.78, 5) is 27.9. The van der Waals surface area contributed by atoms with Gasteiger partial charge in [-0.15, -0.1) is 0 Å². The van der Waals surface area contributed by atoms with Gasteiger partial charge in [0, 0.05) is 16.8 Å². The number of halogens is 1.